The molecule has 0 unspecified atom stereocenters. The molecule has 1 rings (SSSR count). The van der Waals surface area contributed by atoms with E-state index in [4.69, 9.17) is 10.9 Å². The summed E-state index contributed by atoms with van der Waals surface area (Å²) in [7, 11) is 1.96. The van der Waals surface area contributed by atoms with Gasteiger partial charge in [-0.25, -0.2) is 0 Å². The van der Waals surface area contributed by atoms with Gasteiger partial charge < -0.3 is 15.5 Å². The second kappa shape index (κ2) is 6.08. The van der Waals surface area contributed by atoms with Gasteiger partial charge in [0.15, 0.2) is 5.16 Å². The molecule has 0 amide bonds. The lowest BCUT2D eigenvalue weighted by Crippen LogP contribution is -2.31. The topological polar surface area (TPSA) is 89.3 Å². The van der Waals surface area contributed by atoms with Crippen LogP contribution in [0.5, 0.6) is 0 Å². The Morgan fingerprint density at radius 3 is 2.67 bits per heavy atom. The van der Waals surface area contributed by atoms with Gasteiger partial charge in [-0.3, -0.25) is 0 Å². The van der Waals surface area contributed by atoms with Crippen LogP contribution < -0.4 is 5.73 Å². The fourth-order valence-electron chi connectivity index (χ4n) is 1.45. The zero-order valence-electron chi connectivity index (χ0n) is 11.3. The second-order valence-electron chi connectivity index (χ2n) is 4.91. The van der Waals surface area contributed by atoms with Gasteiger partial charge in [0.2, 0.25) is 0 Å². The number of hydrogen-bond acceptors (Lipinski definition) is 5. The Morgan fingerprint density at radius 2 is 2.17 bits per heavy atom. The first-order valence-corrected chi connectivity index (χ1v) is 6.84. The van der Waals surface area contributed by atoms with E-state index in [9.17, 15) is 0 Å². The summed E-state index contributed by atoms with van der Waals surface area (Å²) < 4.78 is 1.97. The summed E-state index contributed by atoms with van der Waals surface area (Å²) in [6, 6.07) is 0. The number of thioether (sulfide) groups is 1. The van der Waals surface area contributed by atoms with Gasteiger partial charge >= 0.3 is 0 Å². The first-order valence-electron chi connectivity index (χ1n) is 5.85. The van der Waals surface area contributed by atoms with Gasteiger partial charge in [0.1, 0.15) is 11.7 Å². The molecule has 0 atom stereocenters. The van der Waals surface area contributed by atoms with Crippen molar-refractivity contribution in [3.05, 3.63) is 5.82 Å². The Labute approximate surface area is 112 Å². The van der Waals surface area contributed by atoms with Gasteiger partial charge in [0, 0.05) is 18.2 Å². The van der Waals surface area contributed by atoms with Crippen molar-refractivity contribution in [2.24, 2.45) is 23.4 Å². The van der Waals surface area contributed by atoms with Crippen molar-refractivity contribution in [2.75, 3.05) is 5.75 Å². The number of aryl methyl sites for hydroxylation is 1. The first kappa shape index (κ1) is 14.8. The van der Waals surface area contributed by atoms with Gasteiger partial charge in [-0.1, -0.05) is 30.8 Å². The Kier molecular flexibility index (Phi) is 5.01. The molecule has 0 aliphatic carbocycles. The van der Waals surface area contributed by atoms with Crippen molar-refractivity contribution < 1.29 is 5.21 Å². The predicted molar refractivity (Wildman–Crippen MR) is 72.9 cm³/mol. The lowest BCUT2D eigenvalue weighted by Gasteiger charge is -2.22. The second-order valence-corrected chi connectivity index (χ2v) is 5.97. The van der Waals surface area contributed by atoms with Crippen LogP contribution in [0.15, 0.2) is 10.3 Å². The van der Waals surface area contributed by atoms with Crippen LogP contribution in [-0.4, -0.2) is 31.6 Å². The molecule has 1 heterocycles. The van der Waals surface area contributed by atoms with E-state index < -0.39 is 0 Å². The maximum atomic E-state index is 8.68. The minimum atomic E-state index is -0.273. The van der Waals surface area contributed by atoms with E-state index in [2.05, 4.69) is 15.4 Å². The zero-order chi connectivity index (χ0) is 13.8. The molecule has 0 aromatic carbocycles. The van der Waals surface area contributed by atoms with Crippen LogP contribution in [0.1, 0.15) is 32.5 Å². The lowest BCUT2D eigenvalue weighted by molar-refractivity contribution is 0.305. The van der Waals surface area contributed by atoms with Crippen LogP contribution in [0, 0.1) is 12.3 Å². The molecule has 0 aliphatic rings. The van der Waals surface area contributed by atoms with E-state index in [1.807, 2.05) is 32.4 Å². The largest absolute Gasteiger partial charge is 0.409 e. The number of oxime groups is 1. The fourth-order valence-corrected chi connectivity index (χ4v) is 2.35. The van der Waals surface area contributed by atoms with Crippen LogP contribution in [0.4, 0.5) is 0 Å². The average Bonchev–Trinajstić information content (AvgIpc) is 2.65. The molecule has 0 spiro atoms. The predicted octanol–water partition coefficient (Wildman–Crippen LogP) is 1.77. The van der Waals surface area contributed by atoms with E-state index in [1.54, 1.807) is 11.8 Å². The van der Waals surface area contributed by atoms with E-state index in [0.717, 1.165) is 29.6 Å². The Balaban J connectivity index is 2.38. The molecule has 6 nitrogen and oxygen atoms in total. The van der Waals surface area contributed by atoms with E-state index >= 15 is 0 Å². The Hall–Kier alpha value is -1.24. The maximum absolute atomic E-state index is 8.68. The molecule has 0 radical (unpaired) electrons. The van der Waals surface area contributed by atoms with E-state index in [-0.39, 0.29) is 11.3 Å². The van der Waals surface area contributed by atoms with Gasteiger partial charge in [-0.2, -0.15) is 0 Å². The van der Waals surface area contributed by atoms with Gasteiger partial charge in [0.25, 0.3) is 0 Å². The summed E-state index contributed by atoms with van der Waals surface area (Å²) in [5.74, 6) is 2.13. The fraction of sp³-hybridized carbons (Fsp3) is 0.727. The Bertz CT molecular complexity index is 427. The highest BCUT2D eigenvalue weighted by Gasteiger charge is 2.22. The monoisotopic (exact) mass is 271 g/mol. The summed E-state index contributed by atoms with van der Waals surface area (Å²) in [4.78, 5) is 0. The van der Waals surface area contributed by atoms with Gasteiger partial charge in [-0.05, 0) is 19.8 Å². The third kappa shape index (κ3) is 3.63. The molecule has 0 bridgehead atoms. The Morgan fingerprint density at radius 1 is 1.50 bits per heavy atom. The zero-order valence-corrected chi connectivity index (χ0v) is 12.2. The minimum absolute atomic E-state index is 0.273. The van der Waals surface area contributed by atoms with Crippen LogP contribution >= 0.6 is 11.8 Å². The van der Waals surface area contributed by atoms with Crippen LogP contribution in [0.3, 0.4) is 0 Å². The smallest absolute Gasteiger partial charge is 0.190 e. The van der Waals surface area contributed by atoms with Crippen molar-refractivity contribution >= 4 is 17.6 Å². The number of rotatable bonds is 6. The van der Waals surface area contributed by atoms with Crippen LogP contribution in [0.2, 0.25) is 0 Å². The molecule has 102 valence electrons. The molecule has 0 saturated heterocycles. The number of nitrogens with zero attached hydrogens (tertiary/aromatic N) is 4. The average molecular weight is 271 g/mol. The highest BCUT2D eigenvalue weighted by atomic mass is 32.2. The summed E-state index contributed by atoms with van der Waals surface area (Å²) in [6.45, 7) is 5.87. The van der Waals surface area contributed by atoms with E-state index in [0.29, 0.717) is 0 Å². The summed E-state index contributed by atoms with van der Waals surface area (Å²) in [5, 5.41) is 20.8. The number of amidine groups is 1. The quantitative estimate of drug-likeness (QED) is 0.205. The molecule has 1 aromatic heterocycles. The lowest BCUT2D eigenvalue weighted by atomic mass is 9.87. The molecule has 0 fully saturated rings. The normalized spacial score (nSPS) is 13.0. The first-order chi connectivity index (χ1) is 8.38. The van der Waals surface area contributed by atoms with Gasteiger partial charge in [-0.15, -0.1) is 10.2 Å². The van der Waals surface area contributed by atoms with Crippen molar-refractivity contribution in [3.8, 4) is 0 Å². The van der Waals surface area contributed by atoms with Crippen molar-refractivity contribution in [2.45, 2.75) is 38.8 Å². The van der Waals surface area contributed by atoms with Gasteiger partial charge in [0.05, 0.1) is 0 Å². The number of hydrogen-bond donors (Lipinski definition) is 2. The third-order valence-corrected chi connectivity index (χ3v) is 4.14. The molecule has 0 aliphatic heterocycles. The highest BCUT2D eigenvalue weighted by molar-refractivity contribution is 7.99. The summed E-state index contributed by atoms with van der Waals surface area (Å²) in [5.41, 5.74) is 5.37. The van der Waals surface area contributed by atoms with E-state index in [1.165, 1.54) is 0 Å². The number of aromatic nitrogens is 3. The standard InChI is InChI=1S/C11H21N5OS/c1-8-13-14-10(16(8)4)18-7-5-6-11(2,3)9(12)15-17/h17H,5-7H2,1-4H3,(H2,12,15). The van der Waals surface area contributed by atoms with Crippen molar-refractivity contribution in [1.29, 1.82) is 0 Å². The van der Waals surface area contributed by atoms with Crippen molar-refractivity contribution in [1.82, 2.24) is 14.8 Å². The van der Waals surface area contributed by atoms with Crippen LogP contribution in [-0.2, 0) is 7.05 Å². The summed E-state index contributed by atoms with van der Waals surface area (Å²) >= 11 is 1.67. The molecule has 3 N–H and O–H groups in total. The summed E-state index contributed by atoms with van der Waals surface area (Å²) in [6.07, 6.45) is 1.84. The van der Waals surface area contributed by atoms with Crippen molar-refractivity contribution in [3.63, 3.8) is 0 Å². The SMILES string of the molecule is Cc1nnc(SCCCC(C)(C)C(N)=NO)n1C. The molecular formula is C11H21N5OS. The minimum Gasteiger partial charge on any atom is -0.409 e. The number of nitrogens with two attached hydrogens (primary N) is 1. The molecule has 1 aromatic rings. The maximum Gasteiger partial charge on any atom is 0.190 e. The molecule has 18 heavy (non-hydrogen) atoms. The third-order valence-electron chi connectivity index (χ3n) is 3.03. The highest BCUT2D eigenvalue weighted by Crippen LogP contribution is 2.25. The molecular weight excluding hydrogens is 250 g/mol. The molecule has 0 saturated carbocycles. The molecule has 7 heteroatoms. The van der Waals surface area contributed by atoms with Crippen LogP contribution in [0.25, 0.3) is 0 Å².